The second-order valence-corrected chi connectivity index (χ2v) is 5.36. The Hall–Kier alpha value is -1.43. The van der Waals surface area contributed by atoms with Crippen molar-refractivity contribution < 1.29 is 9.90 Å². The number of aliphatic hydroxyl groups is 1. The first-order valence-corrected chi connectivity index (χ1v) is 6.97. The highest BCUT2D eigenvalue weighted by atomic mass is 16.3. The number of nitrogens with one attached hydrogen (secondary N) is 1. The summed E-state index contributed by atoms with van der Waals surface area (Å²) >= 11 is 0. The number of carbonyl (C=O) groups is 1. The highest BCUT2D eigenvalue weighted by molar-refractivity contribution is 5.90. The molecule has 1 aliphatic carbocycles. The third-order valence-electron chi connectivity index (χ3n) is 3.61. The molecule has 6 heteroatoms. The van der Waals surface area contributed by atoms with Crippen molar-refractivity contribution in [2.45, 2.75) is 51.5 Å². The van der Waals surface area contributed by atoms with Crippen LogP contribution < -0.4 is 0 Å². The van der Waals surface area contributed by atoms with Gasteiger partial charge in [-0.3, -0.25) is 9.89 Å². The fraction of sp³-hybridized carbons (Fsp3) is 0.769. The van der Waals surface area contributed by atoms with Crippen LogP contribution in [0.3, 0.4) is 0 Å². The number of aromatic nitrogens is 3. The Bertz CT molecular complexity index is 424. The van der Waals surface area contributed by atoms with Gasteiger partial charge in [0.05, 0.1) is 6.61 Å². The number of aromatic amines is 1. The molecule has 0 aromatic carbocycles. The van der Waals surface area contributed by atoms with E-state index in [4.69, 9.17) is 5.11 Å². The van der Waals surface area contributed by atoms with E-state index in [1.54, 1.807) is 4.90 Å². The van der Waals surface area contributed by atoms with E-state index in [1.807, 2.05) is 13.8 Å². The number of hydrogen-bond donors (Lipinski definition) is 2. The van der Waals surface area contributed by atoms with E-state index in [0.717, 1.165) is 31.5 Å². The largest absolute Gasteiger partial charge is 0.395 e. The molecule has 1 aliphatic rings. The van der Waals surface area contributed by atoms with E-state index < -0.39 is 0 Å². The number of hydrogen-bond acceptors (Lipinski definition) is 4. The quantitative estimate of drug-likeness (QED) is 0.841. The van der Waals surface area contributed by atoms with Crippen LogP contribution in [-0.2, 0) is 0 Å². The average molecular weight is 266 g/mol. The predicted octanol–water partition coefficient (Wildman–Crippen LogP) is 1.31. The van der Waals surface area contributed by atoms with Crippen LogP contribution >= 0.6 is 0 Å². The molecule has 1 aromatic heterocycles. The van der Waals surface area contributed by atoms with Crippen LogP contribution in [0.5, 0.6) is 0 Å². The number of amides is 1. The molecule has 0 bridgehead atoms. The maximum atomic E-state index is 12.4. The Balaban J connectivity index is 2.13. The van der Waals surface area contributed by atoms with Crippen molar-refractivity contribution in [3.05, 3.63) is 11.6 Å². The molecule has 0 saturated heterocycles. The van der Waals surface area contributed by atoms with E-state index in [2.05, 4.69) is 15.2 Å². The second kappa shape index (κ2) is 6.14. The minimum atomic E-state index is -0.177. The molecule has 6 nitrogen and oxygen atoms in total. The van der Waals surface area contributed by atoms with Crippen molar-refractivity contribution in [1.29, 1.82) is 0 Å². The smallest absolute Gasteiger partial charge is 0.293 e. The van der Waals surface area contributed by atoms with Gasteiger partial charge in [0.2, 0.25) is 5.82 Å². The zero-order valence-corrected chi connectivity index (χ0v) is 11.6. The summed E-state index contributed by atoms with van der Waals surface area (Å²) in [6, 6.07) is 0.223. The van der Waals surface area contributed by atoms with Gasteiger partial charge in [-0.25, -0.2) is 4.98 Å². The maximum absolute atomic E-state index is 12.4. The van der Waals surface area contributed by atoms with E-state index in [1.165, 1.54) is 0 Å². The lowest BCUT2D eigenvalue weighted by atomic mass is 10.2. The summed E-state index contributed by atoms with van der Waals surface area (Å²) in [5.74, 6) is 0.971. The van der Waals surface area contributed by atoms with Crippen LogP contribution in [0.4, 0.5) is 0 Å². The van der Waals surface area contributed by atoms with E-state index in [0.29, 0.717) is 6.54 Å². The summed E-state index contributed by atoms with van der Waals surface area (Å²) in [4.78, 5) is 18.4. The summed E-state index contributed by atoms with van der Waals surface area (Å²) in [5, 5.41) is 15.9. The minimum Gasteiger partial charge on any atom is -0.395 e. The molecule has 19 heavy (non-hydrogen) atoms. The summed E-state index contributed by atoms with van der Waals surface area (Å²) in [6.45, 7) is 4.33. The predicted molar refractivity (Wildman–Crippen MR) is 70.9 cm³/mol. The molecule has 0 aliphatic heterocycles. The van der Waals surface area contributed by atoms with Gasteiger partial charge < -0.3 is 10.0 Å². The van der Waals surface area contributed by atoms with Crippen molar-refractivity contribution in [2.24, 2.45) is 0 Å². The normalized spacial score (nSPS) is 16.2. The third-order valence-corrected chi connectivity index (χ3v) is 3.61. The Morgan fingerprint density at radius 2 is 2.16 bits per heavy atom. The van der Waals surface area contributed by atoms with Gasteiger partial charge in [0.15, 0.2) is 0 Å². The van der Waals surface area contributed by atoms with Gasteiger partial charge in [-0.1, -0.05) is 26.7 Å². The van der Waals surface area contributed by atoms with E-state index in [-0.39, 0.29) is 30.3 Å². The fourth-order valence-electron chi connectivity index (χ4n) is 2.53. The molecule has 1 amide bonds. The number of carbonyl (C=O) groups excluding carboxylic acids is 1. The van der Waals surface area contributed by atoms with Gasteiger partial charge in [0.1, 0.15) is 5.82 Å². The van der Waals surface area contributed by atoms with E-state index >= 15 is 0 Å². The topological polar surface area (TPSA) is 82.1 Å². The second-order valence-electron chi connectivity index (χ2n) is 5.36. The molecule has 1 heterocycles. The first-order chi connectivity index (χ1) is 9.13. The first kappa shape index (κ1) is 14.0. The molecule has 1 fully saturated rings. The zero-order chi connectivity index (χ0) is 13.8. The third kappa shape index (κ3) is 3.12. The van der Waals surface area contributed by atoms with Crippen LogP contribution in [-0.4, -0.2) is 50.3 Å². The van der Waals surface area contributed by atoms with Gasteiger partial charge in [0, 0.05) is 18.5 Å². The molecule has 0 radical (unpaired) electrons. The summed E-state index contributed by atoms with van der Waals surface area (Å²) in [7, 11) is 0. The highest BCUT2D eigenvalue weighted by Gasteiger charge is 2.29. The molecule has 0 atom stereocenters. The molecule has 0 spiro atoms. The molecule has 2 N–H and O–H groups in total. The zero-order valence-electron chi connectivity index (χ0n) is 11.6. The minimum absolute atomic E-state index is 0.0241. The van der Waals surface area contributed by atoms with Gasteiger partial charge in [0.25, 0.3) is 5.91 Å². The Morgan fingerprint density at radius 3 is 2.68 bits per heavy atom. The molecular formula is C13H22N4O2. The maximum Gasteiger partial charge on any atom is 0.293 e. The van der Waals surface area contributed by atoms with Crippen LogP contribution in [0, 0.1) is 0 Å². The summed E-state index contributed by atoms with van der Waals surface area (Å²) < 4.78 is 0. The average Bonchev–Trinajstić information content (AvgIpc) is 3.05. The summed E-state index contributed by atoms with van der Waals surface area (Å²) in [5.41, 5.74) is 0. The summed E-state index contributed by atoms with van der Waals surface area (Å²) in [6.07, 6.45) is 4.30. The van der Waals surface area contributed by atoms with Gasteiger partial charge in [-0.15, -0.1) is 5.10 Å². The molecule has 0 unspecified atom stereocenters. The Labute approximate surface area is 113 Å². The van der Waals surface area contributed by atoms with Gasteiger partial charge in [-0.2, -0.15) is 0 Å². The fourth-order valence-corrected chi connectivity index (χ4v) is 2.53. The lowest BCUT2D eigenvalue weighted by Crippen LogP contribution is -2.41. The van der Waals surface area contributed by atoms with Crippen LogP contribution in [0.25, 0.3) is 0 Å². The van der Waals surface area contributed by atoms with Gasteiger partial charge in [-0.05, 0) is 12.8 Å². The molecule has 1 saturated carbocycles. The molecule has 106 valence electrons. The van der Waals surface area contributed by atoms with Crippen molar-refractivity contribution in [1.82, 2.24) is 20.1 Å². The van der Waals surface area contributed by atoms with Crippen molar-refractivity contribution in [3.8, 4) is 0 Å². The highest BCUT2D eigenvalue weighted by Crippen LogP contribution is 2.24. The van der Waals surface area contributed by atoms with Crippen LogP contribution in [0.2, 0.25) is 0 Å². The standard InChI is InChI=1S/C13H22N4O2/c1-9(2)11-14-12(16-15-11)13(19)17(7-8-18)10-5-3-4-6-10/h9-10,18H,3-8H2,1-2H3,(H,14,15,16). The number of nitrogens with zero attached hydrogens (tertiary/aromatic N) is 3. The Morgan fingerprint density at radius 1 is 1.47 bits per heavy atom. The van der Waals surface area contributed by atoms with Crippen molar-refractivity contribution >= 4 is 5.91 Å². The van der Waals surface area contributed by atoms with Gasteiger partial charge >= 0.3 is 0 Å². The molecule has 2 rings (SSSR count). The van der Waals surface area contributed by atoms with Crippen LogP contribution in [0.1, 0.15) is 61.9 Å². The van der Waals surface area contributed by atoms with E-state index in [9.17, 15) is 4.79 Å². The van der Waals surface area contributed by atoms with Crippen molar-refractivity contribution in [3.63, 3.8) is 0 Å². The SMILES string of the molecule is CC(C)c1nc(C(=O)N(CCO)C2CCCC2)n[nH]1. The molecule has 1 aromatic rings. The molecular weight excluding hydrogens is 244 g/mol. The lowest BCUT2D eigenvalue weighted by Gasteiger charge is -2.27. The monoisotopic (exact) mass is 266 g/mol. The van der Waals surface area contributed by atoms with Crippen LogP contribution in [0.15, 0.2) is 0 Å². The van der Waals surface area contributed by atoms with Crippen molar-refractivity contribution in [2.75, 3.05) is 13.2 Å². The number of rotatable bonds is 5. The first-order valence-electron chi connectivity index (χ1n) is 6.97. The lowest BCUT2D eigenvalue weighted by molar-refractivity contribution is 0.0626. The number of aliphatic hydroxyl groups excluding tert-OH is 1. The number of H-pyrrole nitrogens is 1. The Kier molecular flexibility index (Phi) is 4.52.